The zero-order valence-corrected chi connectivity index (χ0v) is 21.2. The molecule has 2 nitrogen and oxygen atoms in total. The van der Waals surface area contributed by atoms with Gasteiger partial charge in [0, 0.05) is 32.8 Å². The lowest BCUT2D eigenvalue weighted by Gasteiger charge is -2.21. The number of hydrogen-bond acceptors (Lipinski definition) is 1. The molecule has 0 unspecified atom stereocenters. The van der Waals surface area contributed by atoms with Crippen molar-refractivity contribution in [1.82, 2.24) is 4.98 Å². The molecule has 7 rings (SSSR count). The van der Waals surface area contributed by atoms with E-state index in [9.17, 15) is 4.79 Å². The van der Waals surface area contributed by atoms with Gasteiger partial charge in [-0.05, 0) is 58.0 Å². The van der Waals surface area contributed by atoms with E-state index in [1.807, 2.05) is 24.3 Å². The number of H-pyrrole nitrogens is 1. The van der Waals surface area contributed by atoms with E-state index in [4.69, 9.17) is 0 Å². The molecule has 5 aromatic carbocycles. The van der Waals surface area contributed by atoms with Crippen molar-refractivity contribution in [3.8, 4) is 33.4 Å². The molecule has 37 heavy (non-hydrogen) atoms. The van der Waals surface area contributed by atoms with Gasteiger partial charge in [-0.15, -0.1) is 0 Å². The number of benzene rings is 5. The molecule has 1 aliphatic rings. The molecule has 0 atom stereocenters. The van der Waals surface area contributed by atoms with Gasteiger partial charge in [-0.25, -0.2) is 0 Å². The molecule has 1 N–H and O–H groups in total. The Morgan fingerprint density at radius 1 is 0.649 bits per heavy atom. The number of ketones is 1. The summed E-state index contributed by atoms with van der Waals surface area (Å²) in [5.41, 5.74) is 12.5. The molecular weight excluding hydrogens is 450 g/mol. The van der Waals surface area contributed by atoms with Crippen molar-refractivity contribution in [2.45, 2.75) is 26.2 Å². The summed E-state index contributed by atoms with van der Waals surface area (Å²) in [5.74, 6) is 0.0695. The van der Waals surface area contributed by atoms with E-state index in [2.05, 4.69) is 97.7 Å². The predicted molar refractivity (Wildman–Crippen MR) is 154 cm³/mol. The van der Waals surface area contributed by atoms with Gasteiger partial charge in [-0.2, -0.15) is 0 Å². The van der Waals surface area contributed by atoms with Crippen LogP contribution in [0.25, 0.3) is 55.2 Å². The van der Waals surface area contributed by atoms with E-state index in [1.54, 1.807) is 6.92 Å². The van der Waals surface area contributed by atoms with Crippen LogP contribution in [0.4, 0.5) is 0 Å². The van der Waals surface area contributed by atoms with Crippen LogP contribution in [-0.4, -0.2) is 10.8 Å². The molecule has 1 aliphatic carbocycles. The maximum atomic E-state index is 12.7. The maximum Gasteiger partial charge on any atom is 0.160 e. The summed E-state index contributed by atoms with van der Waals surface area (Å²) in [4.78, 5) is 16.5. The van der Waals surface area contributed by atoms with Crippen LogP contribution < -0.4 is 0 Å². The topological polar surface area (TPSA) is 32.9 Å². The van der Waals surface area contributed by atoms with E-state index in [1.165, 1.54) is 33.0 Å². The van der Waals surface area contributed by atoms with Crippen LogP contribution in [-0.2, 0) is 5.41 Å². The molecule has 0 aliphatic heterocycles. The number of aromatic nitrogens is 1. The summed E-state index contributed by atoms with van der Waals surface area (Å²) in [5, 5.41) is 2.40. The quantitative estimate of drug-likeness (QED) is 0.253. The van der Waals surface area contributed by atoms with Crippen LogP contribution in [0.5, 0.6) is 0 Å². The first-order valence-electron chi connectivity index (χ1n) is 12.8. The highest BCUT2D eigenvalue weighted by Crippen LogP contribution is 2.51. The second-order valence-electron chi connectivity index (χ2n) is 10.6. The number of rotatable bonds is 3. The minimum Gasteiger partial charge on any atom is -0.354 e. The van der Waals surface area contributed by atoms with E-state index in [0.717, 1.165) is 38.9 Å². The summed E-state index contributed by atoms with van der Waals surface area (Å²) >= 11 is 0. The van der Waals surface area contributed by atoms with Gasteiger partial charge in [0.25, 0.3) is 0 Å². The Labute approximate surface area is 216 Å². The minimum absolute atomic E-state index is 0.0578. The number of nitrogens with one attached hydrogen (secondary N) is 1. The molecule has 6 aromatic rings. The first-order valence-corrected chi connectivity index (χ1v) is 12.8. The third kappa shape index (κ3) is 3.09. The molecule has 0 saturated heterocycles. The Hall–Kier alpha value is -4.43. The summed E-state index contributed by atoms with van der Waals surface area (Å²) < 4.78 is 0. The first kappa shape index (κ1) is 21.8. The molecule has 2 heteroatoms. The molecule has 178 valence electrons. The Bertz CT molecular complexity index is 1870. The smallest absolute Gasteiger partial charge is 0.160 e. The van der Waals surface area contributed by atoms with Gasteiger partial charge >= 0.3 is 0 Å². The lowest BCUT2D eigenvalue weighted by Crippen LogP contribution is -2.14. The standard InChI is InChI=1S/C35H27NO/c1-21(37)23-13-7-8-15-26(23)33-24(22-11-5-4-6-12-22)17-18-27-29-19-31-28(20-32(29)36-34(27)33)25-14-9-10-16-30(25)35(31,2)3/h4-20,36H,1-3H3. The van der Waals surface area contributed by atoms with Crippen LogP contribution in [0.3, 0.4) is 0 Å². The number of carbonyl (C=O) groups excluding carboxylic acids is 1. The molecule has 0 fully saturated rings. The normalized spacial score (nSPS) is 13.6. The molecule has 1 heterocycles. The van der Waals surface area contributed by atoms with Gasteiger partial charge in [0.2, 0.25) is 0 Å². The van der Waals surface area contributed by atoms with Crippen molar-refractivity contribution in [1.29, 1.82) is 0 Å². The number of carbonyl (C=O) groups is 1. The second kappa shape index (κ2) is 7.78. The van der Waals surface area contributed by atoms with Crippen molar-refractivity contribution < 1.29 is 4.79 Å². The van der Waals surface area contributed by atoms with Crippen LogP contribution in [0.2, 0.25) is 0 Å². The number of hydrogen-bond donors (Lipinski definition) is 1. The Kier molecular flexibility index (Phi) is 4.59. The maximum absolute atomic E-state index is 12.7. The third-order valence-electron chi connectivity index (χ3n) is 8.14. The SMILES string of the molecule is CC(=O)c1ccccc1-c1c(-c2ccccc2)ccc2c1[nH]c1cc3c(cc12)C(C)(C)c1ccccc1-3. The van der Waals surface area contributed by atoms with E-state index in [-0.39, 0.29) is 11.2 Å². The monoisotopic (exact) mass is 477 g/mol. The second-order valence-corrected chi connectivity index (χ2v) is 10.6. The Morgan fingerprint density at radius 2 is 1.35 bits per heavy atom. The van der Waals surface area contributed by atoms with Crippen molar-refractivity contribution in [2.24, 2.45) is 0 Å². The molecular formula is C35H27NO. The third-order valence-corrected chi connectivity index (χ3v) is 8.14. The van der Waals surface area contributed by atoms with Crippen LogP contribution in [0.1, 0.15) is 42.3 Å². The lowest BCUT2D eigenvalue weighted by atomic mass is 9.82. The van der Waals surface area contributed by atoms with Crippen molar-refractivity contribution in [3.05, 3.63) is 120 Å². The zero-order valence-electron chi connectivity index (χ0n) is 21.2. The Morgan fingerprint density at radius 3 is 2.14 bits per heavy atom. The first-order chi connectivity index (χ1) is 17.9. The van der Waals surface area contributed by atoms with Gasteiger partial charge in [0.1, 0.15) is 0 Å². The number of Topliss-reactive ketones (excluding diaryl/α,β-unsaturated/α-hetero) is 1. The van der Waals surface area contributed by atoms with Crippen LogP contribution in [0, 0.1) is 0 Å². The predicted octanol–water partition coefficient (Wildman–Crippen LogP) is 9.16. The highest BCUT2D eigenvalue weighted by Gasteiger charge is 2.35. The Balaban J connectivity index is 1.59. The fraction of sp³-hybridized carbons (Fsp3) is 0.114. The van der Waals surface area contributed by atoms with Gasteiger partial charge < -0.3 is 4.98 Å². The van der Waals surface area contributed by atoms with Crippen molar-refractivity contribution in [2.75, 3.05) is 0 Å². The molecule has 0 spiro atoms. The molecule has 0 amide bonds. The van der Waals surface area contributed by atoms with Gasteiger partial charge in [-0.3, -0.25) is 4.79 Å². The highest BCUT2D eigenvalue weighted by atomic mass is 16.1. The largest absolute Gasteiger partial charge is 0.354 e. The average molecular weight is 478 g/mol. The summed E-state index contributed by atoms with van der Waals surface area (Å²) in [6.07, 6.45) is 0. The number of aromatic amines is 1. The van der Waals surface area contributed by atoms with Crippen LogP contribution in [0.15, 0.2) is 103 Å². The average Bonchev–Trinajstić information content (AvgIpc) is 3.39. The minimum atomic E-state index is -0.0578. The molecule has 1 aromatic heterocycles. The molecule has 0 radical (unpaired) electrons. The van der Waals surface area contributed by atoms with Gasteiger partial charge in [-0.1, -0.05) is 105 Å². The molecule has 0 saturated carbocycles. The fourth-order valence-corrected chi connectivity index (χ4v) is 6.31. The van der Waals surface area contributed by atoms with Gasteiger partial charge in [0.15, 0.2) is 5.78 Å². The lowest BCUT2D eigenvalue weighted by molar-refractivity contribution is 0.101. The highest BCUT2D eigenvalue weighted by molar-refractivity contribution is 6.17. The van der Waals surface area contributed by atoms with E-state index >= 15 is 0 Å². The zero-order chi connectivity index (χ0) is 25.3. The van der Waals surface area contributed by atoms with Gasteiger partial charge in [0.05, 0.1) is 5.52 Å². The van der Waals surface area contributed by atoms with Crippen LogP contribution >= 0.6 is 0 Å². The number of fused-ring (bicyclic) bond motifs is 6. The van der Waals surface area contributed by atoms with Crippen molar-refractivity contribution >= 4 is 27.6 Å². The van der Waals surface area contributed by atoms with E-state index in [0.29, 0.717) is 0 Å². The fourth-order valence-electron chi connectivity index (χ4n) is 6.31. The van der Waals surface area contributed by atoms with E-state index < -0.39 is 0 Å². The summed E-state index contributed by atoms with van der Waals surface area (Å²) in [7, 11) is 0. The summed E-state index contributed by atoms with van der Waals surface area (Å²) in [6.45, 7) is 6.29. The molecule has 0 bridgehead atoms. The summed E-state index contributed by atoms with van der Waals surface area (Å²) in [6, 6.07) is 36.3. The van der Waals surface area contributed by atoms with Crippen molar-refractivity contribution in [3.63, 3.8) is 0 Å².